The minimum atomic E-state index is 0.130. The largest absolute Gasteiger partial charge is 0.397 e. The molecule has 1 atom stereocenters. The van der Waals surface area contributed by atoms with Crippen molar-refractivity contribution >= 4 is 17.3 Å². The second-order valence-corrected chi connectivity index (χ2v) is 3.87. The Hall–Kier alpha value is -1.71. The predicted molar refractivity (Wildman–Crippen MR) is 60.2 cm³/mol. The molecule has 0 aromatic heterocycles. The monoisotopic (exact) mass is 205 g/mol. The SMILES string of the molecule is CC1CC(=O)N(C)N1c1ccccc1N. The average molecular weight is 205 g/mol. The summed E-state index contributed by atoms with van der Waals surface area (Å²) in [7, 11) is 1.78. The van der Waals surface area contributed by atoms with Gasteiger partial charge in [0, 0.05) is 7.05 Å². The van der Waals surface area contributed by atoms with Crippen LogP contribution in [-0.4, -0.2) is 24.0 Å². The highest BCUT2D eigenvalue weighted by molar-refractivity contribution is 5.84. The number of benzene rings is 1. The molecule has 1 aliphatic heterocycles. The number of hydrogen-bond acceptors (Lipinski definition) is 3. The first-order valence-electron chi connectivity index (χ1n) is 5.01. The number of anilines is 2. The van der Waals surface area contributed by atoms with E-state index >= 15 is 0 Å². The van der Waals surface area contributed by atoms with Crippen molar-refractivity contribution in [1.82, 2.24) is 5.01 Å². The molecule has 0 bridgehead atoms. The van der Waals surface area contributed by atoms with Crippen molar-refractivity contribution in [3.63, 3.8) is 0 Å². The number of carbonyl (C=O) groups excluding carboxylic acids is 1. The fourth-order valence-corrected chi connectivity index (χ4v) is 1.98. The summed E-state index contributed by atoms with van der Waals surface area (Å²) in [4.78, 5) is 11.5. The van der Waals surface area contributed by atoms with Crippen LogP contribution < -0.4 is 10.7 Å². The zero-order chi connectivity index (χ0) is 11.0. The van der Waals surface area contributed by atoms with Crippen molar-refractivity contribution in [3.8, 4) is 0 Å². The lowest BCUT2D eigenvalue weighted by atomic mass is 10.2. The van der Waals surface area contributed by atoms with E-state index in [1.165, 1.54) is 0 Å². The highest BCUT2D eigenvalue weighted by Gasteiger charge is 2.33. The number of carbonyl (C=O) groups is 1. The van der Waals surface area contributed by atoms with E-state index < -0.39 is 0 Å². The lowest BCUT2D eigenvalue weighted by Gasteiger charge is -2.30. The Morgan fingerprint density at radius 1 is 1.40 bits per heavy atom. The molecular formula is C11H15N3O. The lowest BCUT2D eigenvalue weighted by molar-refractivity contribution is -0.126. The van der Waals surface area contributed by atoms with E-state index in [0.29, 0.717) is 12.1 Å². The van der Waals surface area contributed by atoms with Crippen molar-refractivity contribution < 1.29 is 4.79 Å². The molecule has 15 heavy (non-hydrogen) atoms. The van der Waals surface area contributed by atoms with Gasteiger partial charge in [-0.15, -0.1) is 0 Å². The zero-order valence-electron chi connectivity index (χ0n) is 8.97. The van der Waals surface area contributed by atoms with Crippen LogP contribution in [0.1, 0.15) is 13.3 Å². The van der Waals surface area contributed by atoms with Crippen LogP contribution in [0.2, 0.25) is 0 Å². The minimum absolute atomic E-state index is 0.130. The highest BCUT2D eigenvalue weighted by atomic mass is 16.2. The maximum Gasteiger partial charge on any atom is 0.242 e. The Morgan fingerprint density at radius 2 is 2.07 bits per heavy atom. The molecule has 2 rings (SSSR count). The third kappa shape index (κ3) is 1.52. The van der Waals surface area contributed by atoms with Crippen LogP contribution in [0, 0.1) is 0 Å². The number of hydrazine groups is 1. The van der Waals surface area contributed by atoms with E-state index in [1.54, 1.807) is 12.1 Å². The Morgan fingerprint density at radius 3 is 2.60 bits per heavy atom. The van der Waals surface area contributed by atoms with E-state index in [-0.39, 0.29) is 11.9 Å². The van der Waals surface area contributed by atoms with E-state index in [1.807, 2.05) is 36.2 Å². The van der Waals surface area contributed by atoms with Gasteiger partial charge in [-0.3, -0.25) is 14.8 Å². The van der Waals surface area contributed by atoms with Gasteiger partial charge in [-0.05, 0) is 19.1 Å². The third-order valence-electron chi connectivity index (χ3n) is 2.76. The number of hydrogen-bond donors (Lipinski definition) is 1. The number of rotatable bonds is 1. The molecule has 1 aliphatic rings. The van der Waals surface area contributed by atoms with Gasteiger partial charge in [0.25, 0.3) is 0 Å². The van der Waals surface area contributed by atoms with Crippen molar-refractivity contribution in [2.24, 2.45) is 0 Å². The average Bonchev–Trinajstić information content (AvgIpc) is 2.43. The summed E-state index contributed by atoms with van der Waals surface area (Å²) in [5.74, 6) is 0.130. The maximum absolute atomic E-state index is 11.5. The molecule has 1 aromatic rings. The van der Waals surface area contributed by atoms with E-state index in [9.17, 15) is 4.79 Å². The number of amides is 1. The molecule has 4 heteroatoms. The molecule has 0 radical (unpaired) electrons. The lowest BCUT2D eigenvalue weighted by Crippen LogP contribution is -2.39. The van der Waals surface area contributed by atoms with E-state index in [2.05, 4.69) is 0 Å². The summed E-state index contributed by atoms with van der Waals surface area (Å²) in [6, 6.07) is 7.77. The van der Waals surface area contributed by atoms with Gasteiger partial charge >= 0.3 is 0 Å². The summed E-state index contributed by atoms with van der Waals surface area (Å²) >= 11 is 0. The smallest absolute Gasteiger partial charge is 0.242 e. The van der Waals surface area contributed by atoms with Crippen molar-refractivity contribution in [2.75, 3.05) is 17.8 Å². The van der Waals surface area contributed by atoms with Crippen LogP contribution in [0.25, 0.3) is 0 Å². The summed E-state index contributed by atoms with van der Waals surface area (Å²) < 4.78 is 0. The molecule has 1 saturated heterocycles. The highest BCUT2D eigenvalue weighted by Crippen LogP contribution is 2.30. The van der Waals surface area contributed by atoms with Crippen LogP contribution in [-0.2, 0) is 4.79 Å². The van der Waals surface area contributed by atoms with Gasteiger partial charge < -0.3 is 5.73 Å². The minimum Gasteiger partial charge on any atom is -0.397 e. The Labute approximate surface area is 89.2 Å². The van der Waals surface area contributed by atoms with Gasteiger partial charge in [0.15, 0.2) is 0 Å². The molecule has 0 spiro atoms. The number of para-hydroxylation sites is 2. The topological polar surface area (TPSA) is 49.6 Å². The van der Waals surface area contributed by atoms with Gasteiger partial charge in [0.2, 0.25) is 5.91 Å². The Bertz CT molecular complexity index is 391. The van der Waals surface area contributed by atoms with Gasteiger partial charge in [0.05, 0.1) is 23.8 Å². The summed E-state index contributed by atoms with van der Waals surface area (Å²) in [5.41, 5.74) is 7.49. The fraction of sp³-hybridized carbons (Fsp3) is 0.364. The first-order valence-corrected chi connectivity index (χ1v) is 5.01. The maximum atomic E-state index is 11.5. The molecule has 2 N–H and O–H groups in total. The van der Waals surface area contributed by atoms with Crippen LogP contribution in [0.15, 0.2) is 24.3 Å². The number of nitrogen functional groups attached to an aromatic ring is 1. The first kappa shape index (κ1) is 9.83. The van der Waals surface area contributed by atoms with Gasteiger partial charge in [-0.25, -0.2) is 0 Å². The quantitative estimate of drug-likeness (QED) is 0.702. The molecule has 1 heterocycles. The van der Waals surface area contributed by atoms with Gasteiger partial charge in [-0.2, -0.15) is 0 Å². The summed E-state index contributed by atoms with van der Waals surface area (Å²) in [6.07, 6.45) is 0.546. The Balaban J connectivity index is 2.39. The summed E-state index contributed by atoms with van der Waals surface area (Å²) in [5, 5.41) is 3.58. The molecule has 0 aliphatic carbocycles. The molecular weight excluding hydrogens is 190 g/mol. The molecule has 1 unspecified atom stereocenters. The van der Waals surface area contributed by atoms with Gasteiger partial charge in [0.1, 0.15) is 0 Å². The third-order valence-corrected chi connectivity index (χ3v) is 2.76. The molecule has 1 aromatic carbocycles. The van der Waals surface area contributed by atoms with E-state index in [4.69, 9.17) is 5.73 Å². The van der Waals surface area contributed by atoms with Crippen LogP contribution in [0.4, 0.5) is 11.4 Å². The second-order valence-electron chi connectivity index (χ2n) is 3.87. The Kier molecular flexibility index (Phi) is 2.26. The van der Waals surface area contributed by atoms with Crippen molar-refractivity contribution in [1.29, 1.82) is 0 Å². The fourth-order valence-electron chi connectivity index (χ4n) is 1.98. The second kappa shape index (κ2) is 3.46. The zero-order valence-corrected chi connectivity index (χ0v) is 8.97. The first-order chi connectivity index (χ1) is 7.11. The molecule has 1 amide bonds. The van der Waals surface area contributed by atoms with Crippen LogP contribution in [0.3, 0.4) is 0 Å². The molecule has 0 saturated carbocycles. The molecule has 4 nitrogen and oxygen atoms in total. The molecule has 80 valence electrons. The standard InChI is InChI=1S/C11H15N3O/c1-8-7-11(15)13(2)14(8)10-6-4-3-5-9(10)12/h3-6,8H,7,12H2,1-2H3. The summed E-state index contributed by atoms with van der Waals surface area (Å²) in [6.45, 7) is 2.02. The van der Waals surface area contributed by atoms with Crippen molar-refractivity contribution in [2.45, 2.75) is 19.4 Å². The number of nitrogens with zero attached hydrogens (tertiary/aromatic N) is 2. The van der Waals surface area contributed by atoms with Gasteiger partial charge in [-0.1, -0.05) is 12.1 Å². The van der Waals surface area contributed by atoms with Crippen LogP contribution in [0.5, 0.6) is 0 Å². The normalized spacial score (nSPS) is 21.2. The predicted octanol–water partition coefficient (Wildman–Crippen LogP) is 1.24. The number of nitrogens with two attached hydrogens (primary N) is 1. The molecule has 1 fully saturated rings. The van der Waals surface area contributed by atoms with Crippen LogP contribution >= 0.6 is 0 Å². The van der Waals surface area contributed by atoms with Crippen molar-refractivity contribution in [3.05, 3.63) is 24.3 Å². The van der Waals surface area contributed by atoms with E-state index in [0.717, 1.165) is 5.69 Å².